The summed E-state index contributed by atoms with van der Waals surface area (Å²) >= 11 is 0. The van der Waals surface area contributed by atoms with Crippen LogP contribution in [0.15, 0.2) is 48.7 Å². The van der Waals surface area contributed by atoms with E-state index in [1.807, 2.05) is 6.07 Å². The smallest absolute Gasteiger partial charge is 0.323 e. The van der Waals surface area contributed by atoms with Crippen molar-refractivity contribution in [1.29, 1.82) is 0 Å². The number of benzene rings is 1. The van der Waals surface area contributed by atoms with Gasteiger partial charge in [-0.25, -0.2) is 14.2 Å². The van der Waals surface area contributed by atoms with Crippen LogP contribution in [0.4, 0.5) is 15.0 Å². The SMILES string of the molecule is CN(C)C1(c2ccccc2)CCC2(CC1)CN(c1ncccc1F)C(=O)N2. The molecule has 0 bridgehead atoms. The Bertz CT molecular complexity index is 831. The fourth-order valence-corrected chi connectivity index (χ4v) is 4.62. The first-order chi connectivity index (χ1) is 13.0. The van der Waals surface area contributed by atoms with Gasteiger partial charge < -0.3 is 5.32 Å². The third-order valence-corrected chi connectivity index (χ3v) is 6.27. The number of hydrogen-bond acceptors (Lipinski definition) is 3. The first-order valence-electron chi connectivity index (χ1n) is 9.39. The highest BCUT2D eigenvalue weighted by molar-refractivity contribution is 5.94. The predicted molar refractivity (Wildman–Crippen MR) is 103 cm³/mol. The lowest BCUT2D eigenvalue weighted by Gasteiger charge is -2.48. The maximum absolute atomic E-state index is 14.1. The molecule has 1 spiro atoms. The normalized spacial score (nSPS) is 28.0. The van der Waals surface area contributed by atoms with Crippen molar-refractivity contribution < 1.29 is 9.18 Å². The number of hydrogen-bond donors (Lipinski definition) is 1. The molecule has 0 atom stereocenters. The Hall–Kier alpha value is -2.47. The van der Waals surface area contributed by atoms with Crippen molar-refractivity contribution in [2.45, 2.75) is 36.8 Å². The molecule has 2 aliphatic rings. The standard InChI is InChI=1S/C21H25FN4O/c1-25(2)21(16-7-4-3-5-8-16)12-10-20(11-13-21)15-26(19(27)24-20)18-17(22)9-6-14-23-18/h3-9,14H,10-13,15H2,1-2H3,(H,24,27). The van der Waals surface area contributed by atoms with E-state index in [2.05, 4.69) is 53.6 Å². The number of nitrogens with one attached hydrogen (secondary N) is 1. The summed E-state index contributed by atoms with van der Waals surface area (Å²) in [7, 11) is 4.24. The van der Waals surface area contributed by atoms with E-state index in [4.69, 9.17) is 0 Å². The van der Waals surface area contributed by atoms with Crippen molar-refractivity contribution in [3.05, 3.63) is 60.0 Å². The van der Waals surface area contributed by atoms with Crippen LogP contribution in [0, 0.1) is 5.82 Å². The maximum atomic E-state index is 14.1. The molecular formula is C21H25FN4O. The lowest BCUT2D eigenvalue weighted by atomic mass is 9.69. The van der Waals surface area contributed by atoms with Gasteiger partial charge in [-0.1, -0.05) is 30.3 Å². The Kier molecular flexibility index (Phi) is 4.38. The minimum atomic E-state index is -0.465. The molecule has 1 aliphatic carbocycles. The number of carbonyl (C=O) groups is 1. The number of amides is 2. The Morgan fingerprint density at radius 3 is 2.41 bits per heavy atom. The van der Waals surface area contributed by atoms with Crippen molar-refractivity contribution >= 4 is 11.8 Å². The second-order valence-electron chi connectivity index (χ2n) is 7.90. The fourth-order valence-electron chi connectivity index (χ4n) is 4.62. The summed E-state index contributed by atoms with van der Waals surface area (Å²) in [6, 6.07) is 13.2. The van der Waals surface area contributed by atoms with E-state index >= 15 is 0 Å². The first kappa shape index (κ1) is 17.9. The van der Waals surface area contributed by atoms with Crippen LogP contribution < -0.4 is 10.2 Å². The van der Waals surface area contributed by atoms with Gasteiger partial charge in [0.2, 0.25) is 0 Å². The average Bonchev–Trinajstić information content (AvgIpc) is 2.99. The highest BCUT2D eigenvalue weighted by Crippen LogP contribution is 2.46. The quantitative estimate of drug-likeness (QED) is 0.902. The fraction of sp³-hybridized carbons (Fsp3) is 0.429. The zero-order valence-electron chi connectivity index (χ0n) is 15.8. The Morgan fingerprint density at radius 2 is 1.78 bits per heavy atom. The molecule has 2 amide bonds. The summed E-state index contributed by atoms with van der Waals surface area (Å²) in [5.41, 5.74) is 0.942. The molecule has 1 saturated heterocycles. The minimum Gasteiger partial charge on any atom is -0.330 e. The van der Waals surface area contributed by atoms with E-state index in [0.29, 0.717) is 6.54 Å². The van der Waals surface area contributed by atoms with Gasteiger partial charge in [0.1, 0.15) is 0 Å². The molecule has 142 valence electrons. The second-order valence-corrected chi connectivity index (χ2v) is 7.90. The second kappa shape index (κ2) is 6.60. The van der Waals surface area contributed by atoms with E-state index in [1.165, 1.54) is 28.8 Å². The molecule has 1 N–H and O–H groups in total. The molecule has 5 nitrogen and oxygen atoms in total. The molecule has 1 aromatic heterocycles. The maximum Gasteiger partial charge on any atom is 0.323 e. The lowest BCUT2D eigenvalue weighted by Crippen LogP contribution is -2.54. The molecule has 27 heavy (non-hydrogen) atoms. The zero-order valence-corrected chi connectivity index (χ0v) is 15.8. The van der Waals surface area contributed by atoms with Crippen molar-refractivity contribution in [1.82, 2.24) is 15.2 Å². The highest BCUT2D eigenvalue weighted by atomic mass is 19.1. The van der Waals surface area contributed by atoms with E-state index in [-0.39, 0.29) is 22.9 Å². The molecule has 1 saturated carbocycles. The number of carbonyl (C=O) groups excluding carboxylic acids is 1. The van der Waals surface area contributed by atoms with Crippen molar-refractivity contribution in [2.24, 2.45) is 0 Å². The van der Waals surface area contributed by atoms with Crippen LogP contribution in [0.5, 0.6) is 0 Å². The third-order valence-electron chi connectivity index (χ3n) is 6.27. The number of rotatable bonds is 3. The molecule has 1 aromatic carbocycles. The number of urea groups is 1. The van der Waals surface area contributed by atoms with Gasteiger partial charge in [0, 0.05) is 11.7 Å². The monoisotopic (exact) mass is 368 g/mol. The molecule has 2 aromatic rings. The number of nitrogens with zero attached hydrogens (tertiary/aromatic N) is 3. The number of pyridine rings is 1. The molecular weight excluding hydrogens is 343 g/mol. The van der Waals surface area contributed by atoms with E-state index < -0.39 is 5.82 Å². The summed E-state index contributed by atoms with van der Waals surface area (Å²) < 4.78 is 14.1. The van der Waals surface area contributed by atoms with E-state index in [0.717, 1.165) is 25.7 Å². The number of anilines is 1. The highest BCUT2D eigenvalue weighted by Gasteiger charge is 2.50. The van der Waals surface area contributed by atoms with Crippen molar-refractivity contribution in [2.75, 3.05) is 25.5 Å². The summed E-state index contributed by atoms with van der Waals surface area (Å²) in [5.74, 6) is -0.355. The third kappa shape index (κ3) is 2.98. The number of halogens is 1. The van der Waals surface area contributed by atoms with Gasteiger partial charge in [-0.3, -0.25) is 9.80 Å². The van der Waals surface area contributed by atoms with E-state index in [9.17, 15) is 9.18 Å². The first-order valence-corrected chi connectivity index (χ1v) is 9.39. The molecule has 1 aliphatic heterocycles. The molecule has 4 rings (SSSR count). The average molecular weight is 368 g/mol. The molecule has 0 radical (unpaired) electrons. The summed E-state index contributed by atoms with van der Waals surface area (Å²) in [4.78, 5) is 20.4. The van der Waals surface area contributed by atoms with Crippen molar-refractivity contribution in [3.63, 3.8) is 0 Å². The van der Waals surface area contributed by atoms with Gasteiger partial charge in [-0.05, 0) is 57.5 Å². The summed E-state index contributed by atoms with van der Waals surface area (Å²) in [5, 5.41) is 3.13. The van der Waals surface area contributed by atoms with Gasteiger partial charge in [0.05, 0.1) is 12.1 Å². The summed E-state index contributed by atoms with van der Waals surface area (Å²) in [6.07, 6.45) is 5.07. The van der Waals surface area contributed by atoms with Crippen LogP contribution >= 0.6 is 0 Å². The topological polar surface area (TPSA) is 48.5 Å². The Balaban J connectivity index is 1.57. The van der Waals surface area contributed by atoms with Crippen molar-refractivity contribution in [3.8, 4) is 0 Å². The van der Waals surface area contributed by atoms with Gasteiger partial charge >= 0.3 is 6.03 Å². The Morgan fingerprint density at radius 1 is 1.07 bits per heavy atom. The van der Waals surface area contributed by atoms with Crippen LogP contribution in [-0.2, 0) is 5.54 Å². The Labute approximate surface area is 159 Å². The summed E-state index contributed by atoms with van der Waals surface area (Å²) in [6.45, 7) is 0.456. The van der Waals surface area contributed by atoms with Gasteiger partial charge in [-0.15, -0.1) is 0 Å². The van der Waals surface area contributed by atoms with Crippen LogP contribution in [0.25, 0.3) is 0 Å². The van der Waals surface area contributed by atoms with Crippen LogP contribution in [0.2, 0.25) is 0 Å². The van der Waals surface area contributed by atoms with Crippen LogP contribution in [0.1, 0.15) is 31.2 Å². The van der Waals surface area contributed by atoms with E-state index in [1.54, 1.807) is 0 Å². The molecule has 0 unspecified atom stereocenters. The van der Waals surface area contributed by atoms with Crippen LogP contribution in [-0.4, -0.2) is 42.1 Å². The number of aromatic nitrogens is 1. The molecule has 6 heteroatoms. The lowest BCUT2D eigenvalue weighted by molar-refractivity contribution is 0.0657. The minimum absolute atomic E-state index is 0.0408. The van der Waals surface area contributed by atoms with Gasteiger partial charge in [0.25, 0.3) is 0 Å². The van der Waals surface area contributed by atoms with Gasteiger partial charge in [-0.2, -0.15) is 0 Å². The van der Waals surface area contributed by atoms with Crippen LogP contribution in [0.3, 0.4) is 0 Å². The predicted octanol–water partition coefficient (Wildman–Crippen LogP) is 3.52. The molecule has 2 fully saturated rings. The van der Waals surface area contributed by atoms with Gasteiger partial charge in [0.15, 0.2) is 11.6 Å². The zero-order chi connectivity index (χ0) is 19.1. The largest absolute Gasteiger partial charge is 0.330 e. The molecule has 2 heterocycles.